The third kappa shape index (κ3) is 4.03. The molecule has 4 nitrogen and oxygen atoms in total. The summed E-state index contributed by atoms with van der Waals surface area (Å²) >= 11 is 0. The SMILES string of the molecule is Cc1oc(-c2ccc(-c3cccc(CO)c3)cc2)nc1CCN1CCCC1C. The minimum Gasteiger partial charge on any atom is -0.441 e. The number of aliphatic hydroxyl groups excluding tert-OH is 1. The van der Waals surface area contributed by atoms with Gasteiger partial charge in [0.05, 0.1) is 12.3 Å². The largest absolute Gasteiger partial charge is 0.441 e. The maximum Gasteiger partial charge on any atom is 0.226 e. The van der Waals surface area contributed by atoms with E-state index in [1.807, 2.05) is 25.1 Å². The Kier molecular flexibility index (Phi) is 5.60. The lowest BCUT2D eigenvalue weighted by Gasteiger charge is -2.20. The molecule has 1 fully saturated rings. The topological polar surface area (TPSA) is 49.5 Å². The molecule has 1 N–H and O–H groups in total. The first-order valence-corrected chi connectivity index (χ1v) is 10.1. The first kappa shape index (κ1) is 18.9. The summed E-state index contributed by atoms with van der Waals surface area (Å²) in [6, 6.07) is 16.9. The number of rotatable bonds is 6. The highest BCUT2D eigenvalue weighted by Crippen LogP contribution is 2.27. The van der Waals surface area contributed by atoms with E-state index in [0.29, 0.717) is 11.9 Å². The van der Waals surface area contributed by atoms with Crippen LogP contribution in [-0.2, 0) is 13.0 Å². The molecule has 2 heterocycles. The molecule has 4 rings (SSSR count). The Morgan fingerprint density at radius 1 is 1.11 bits per heavy atom. The summed E-state index contributed by atoms with van der Waals surface area (Å²) in [7, 11) is 0. The van der Waals surface area contributed by atoms with Crippen molar-refractivity contribution < 1.29 is 9.52 Å². The third-order valence-electron chi connectivity index (χ3n) is 5.79. The van der Waals surface area contributed by atoms with Crippen molar-refractivity contribution in [2.24, 2.45) is 0 Å². The Hall–Kier alpha value is -2.43. The molecular weight excluding hydrogens is 348 g/mol. The molecule has 0 spiro atoms. The number of nitrogens with zero attached hydrogens (tertiary/aromatic N) is 2. The summed E-state index contributed by atoms with van der Waals surface area (Å²) < 4.78 is 5.96. The lowest BCUT2D eigenvalue weighted by Crippen LogP contribution is -2.29. The first-order valence-electron chi connectivity index (χ1n) is 10.1. The lowest BCUT2D eigenvalue weighted by atomic mass is 10.0. The second-order valence-electron chi connectivity index (χ2n) is 7.73. The number of oxazole rings is 1. The highest BCUT2D eigenvalue weighted by molar-refractivity contribution is 5.68. The van der Waals surface area contributed by atoms with E-state index in [-0.39, 0.29) is 6.61 Å². The zero-order valence-electron chi connectivity index (χ0n) is 16.7. The average molecular weight is 377 g/mol. The van der Waals surface area contributed by atoms with Gasteiger partial charge in [0.15, 0.2) is 0 Å². The number of aryl methyl sites for hydroxylation is 1. The second-order valence-corrected chi connectivity index (χ2v) is 7.73. The van der Waals surface area contributed by atoms with E-state index in [4.69, 9.17) is 9.40 Å². The van der Waals surface area contributed by atoms with Crippen LogP contribution in [0.4, 0.5) is 0 Å². The molecule has 1 atom stereocenters. The van der Waals surface area contributed by atoms with Crippen LogP contribution in [0.25, 0.3) is 22.6 Å². The van der Waals surface area contributed by atoms with E-state index in [9.17, 15) is 5.11 Å². The molecule has 146 valence electrons. The van der Waals surface area contributed by atoms with Crippen LogP contribution >= 0.6 is 0 Å². The molecule has 1 aliphatic heterocycles. The summed E-state index contributed by atoms with van der Waals surface area (Å²) in [5.41, 5.74) is 5.19. The molecular formula is C24H28N2O2. The quantitative estimate of drug-likeness (QED) is 0.669. The molecule has 1 aliphatic rings. The minimum atomic E-state index is 0.0561. The number of benzene rings is 2. The van der Waals surface area contributed by atoms with Crippen molar-refractivity contribution in [3.8, 4) is 22.6 Å². The zero-order valence-corrected chi connectivity index (χ0v) is 16.7. The fourth-order valence-corrected chi connectivity index (χ4v) is 4.01. The molecule has 3 aromatic rings. The van der Waals surface area contributed by atoms with Crippen LogP contribution in [0.2, 0.25) is 0 Å². The van der Waals surface area contributed by atoms with Crippen LogP contribution in [0.3, 0.4) is 0 Å². The summed E-state index contributed by atoms with van der Waals surface area (Å²) in [4.78, 5) is 7.31. The fraction of sp³-hybridized carbons (Fsp3) is 0.375. The highest BCUT2D eigenvalue weighted by atomic mass is 16.4. The van der Waals surface area contributed by atoms with Crippen molar-refractivity contribution in [2.75, 3.05) is 13.1 Å². The molecule has 1 unspecified atom stereocenters. The van der Waals surface area contributed by atoms with Crippen LogP contribution < -0.4 is 0 Å². The van der Waals surface area contributed by atoms with Gasteiger partial charge in [-0.2, -0.15) is 0 Å². The van der Waals surface area contributed by atoms with Crippen molar-refractivity contribution >= 4 is 0 Å². The molecule has 4 heteroatoms. The van der Waals surface area contributed by atoms with Gasteiger partial charge in [-0.1, -0.05) is 30.3 Å². The molecule has 28 heavy (non-hydrogen) atoms. The predicted molar refractivity (Wildman–Crippen MR) is 112 cm³/mol. The number of hydrogen-bond acceptors (Lipinski definition) is 4. The molecule has 2 aromatic carbocycles. The smallest absolute Gasteiger partial charge is 0.226 e. The molecule has 0 amide bonds. The summed E-state index contributed by atoms with van der Waals surface area (Å²) in [5, 5.41) is 9.33. The van der Waals surface area contributed by atoms with Gasteiger partial charge in [0, 0.05) is 24.6 Å². The summed E-state index contributed by atoms with van der Waals surface area (Å²) in [6.07, 6.45) is 3.54. The predicted octanol–water partition coefficient (Wildman–Crippen LogP) is 4.84. The Morgan fingerprint density at radius 2 is 1.89 bits per heavy atom. The Balaban J connectivity index is 1.48. The second kappa shape index (κ2) is 8.29. The Bertz CT molecular complexity index is 930. The molecule has 0 radical (unpaired) electrons. The highest BCUT2D eigenvalue weighted by Gasteiger charge is 2.21. The summed E-state index contributed by atoms with van der Waals surface area (Å²) in [6.45, 7) is 6.62. The standard InChI is InChI=1S/C24H28N2O2/c1-17-5-4-13-26(17)14-12-23-18(2)28-24(25-23)21-10-8-20(9-11-21)22-7-3-6-19(15-22)16-27/h3,6-11,15,17,27H,4-5,12-14,16H2,1-2H3. The summed E-state index contributed by atoms with van der Waals surface area (Å²) in [5.74, 6) is 1.61. The van der Waals surface area contributed by atoms with E-state index in [1.165, 1.54) is 19.4 Å². The monoisotopic (exact) mass is 376 g/mol. The number of likely N-dealkylation sites (tertiary alicyclic amines) is 1. The fourth-order valence-electron chi connectivity index (χ4n) is 4.01. The van der Waals surface area contributed by atoms with E-state index < -0.39 is 0 Å². The van der Waals surface area contributed by atoms with Crippen LogP contribution in [0.1, 0.15) is 36.8 Å². The Labute approximate surface area is 166 Å². The first-order chi connectivity index (χ1) is 13.6. The van der Waals surface area contributed by atoms with E-state index in [1.54, 1.807) is 0 Å². The van der Waals surface area contributed by atoms with Gasteiger partial charge in [0.2, 0.25) is 5.89 Å². The number of aromatic nitrogens is 1. The maximum absolute atomic E-state index is 9.33. The van der Waals surface area contributed by atoms with Crippen molar-refractivity contribution in [3.63, 3.8) is 0 Å². The molecule has 1 aromatic heterocycles. The molecule has 0 saturated carbocycles. The number of hydrogen-bond donors (Lipinski definition) is 1. The van der Waals surface area contributed by atoms with E-state index in [2.05, 4.69) is 42.2 Å². The van der Waals surface area contributed by atoms with Crippen molar-refractivity contribution in [2.45, 2.75) is 45.8 Å². The van der Waals surface area contributed by atoms with Crippen LogP contribution in [0, 0.1) is 6.92 Å². The van der Waals surface area contributed by atoms with Gasteiger partial charge in [0.25, 0.3) is 0 Å². The van der Waals surface area contributed by atoms with Crippen LogP contribution in [-0.4, -0.2) is 34.1 Å². The van der Waals surface area contributed by atoms with Gasteiger partial charge in [-0.05, 0) is 68.1 Å². The molecule has 0 aliphatic carbocycles. The molecule has 0 bridgehead atoms. The van der Waals surface area contributed by atoms with Gasteiger partial charge in [-0.15, -0.1) is 0 Å². The maximum atomic E-state index is 9.33. The molecule has 1 saturated heterocycles. The van der Waals surface area contributed by atoms with Crippen LogP contribution in [0.5, 0.6) is 0 Å². The third-order valence-corrected chi connectivity index (χ3v) is 5.79. The van der Waals surface area contributed by atoms with Gasteiger partial charge >= 0.3 is 0 Å². The van der Waals surface area contributed by atoms with Gasteiger partial charge in [-0.3, -0.25) is 0 Å². The van der Waals surface area contributed by atoms with Gasteiger partial charge < -0.3 is 14.4 Å². The van der Waals surface area contributed by atoms with E-state index in [0.717, 1.165) is 46.7 Å². The number of aliphatic hydroxyl groups is 1. The average Bonchev–Trinajstić information content (AvgIpc) is 3.31. The van der Waals surface area contributed by atoms with Gasteiger partial charge in [0.1, 0.15) is 5.76 Å². The lowest BCUT2D eigenvalue weighted by molar-refractivity contribution is 0.271. The normalized spacial score (nSPS) is 17.3. The van der Waals surface area contributed by atoms with Crippen molar-refractivity contribution in [1.29, 1.82) is 0 Å². The minimum absolute atomic E-state index is 0.0561. The Morgan fingerprint density at radius 3 is 2.61 bits per heavy atom. The van der Waals surface area contributed by atoms with E-state index >= 15 is 0 Å². The van der Waals surface area contributed by atoms with Gasteiger partial charge in [-0.25, -0.2) is 4.98 Å². The van der Waals surface area contributed by atoms with Crippen molar-refractivity contribution in [3.05, 3.63) is 65.5 Å². The van der Waals surface area contributed by atoms with Crippen LogP contribution in [0.15, 0.2) is 52.9 Å². The zero-order chi connectivity index (χ0) is 19.5. The van der Waals surface area contributed by atoms with Crippen molar-refractivity contribution in [1.82, 2.24) is 9.88 Å².